The monoisotopic (exact) mass is 279 g/mol. The minimum Gasteiger partial charge on any atom is -0.491 e. The van der Waals surface area contributed by atoms with Gasteiger partial charge in [-0.05, 0) is 48.6 Å². The smallest absolute Gasteiger partial charge is 0.119 e. The highest BCUT2D eigenvalue weighted by Gasteiger charge is 2.02. The van der Waals surface area contributed by atoms with Gasteiger partial charge in [-0.25, -0.2) is 0 Å². The van der Waals surface area contributed by atoms with E-state index in [0.717, 1.165) is 24.3 Å². The summed E-state index contributed by atoms with van der Waals surface area (Å²) in [7, 11) is 0. The highest BCUT2D eigenvalue weighted by atomic mass is 16.5. The minimum atomic E-state index is 0.548. The molecule has 0 heterocycles. The number of rotatable bonds is 9. The van der Waals surface area contributed by atoms with Crippen LogP contribution in [0.4, 0.5) is 0 Å². The Balaban J connectivity index is 2.28. The van der Waals surface area contributed by atoms with Crippen LogP contribution >= 0.6 is 0 Å². The molecule has 0 aliphatic heterocycles. The van der Waals surface area contributed by atoms with Crippen LogP contribution in [0.3, 0.4) is 0 Å². The quantitative estimate of drug-likeness (QED) is 0.324. The molecule has 4 heteroatoms. The Bertz CT molecular complexity index is 399. The van der Waals surface area contributed by atoms with E-state index in [2.05, 4.69) is 19.0 Å². The van der Waals surface area contributed by atoms with Gasteiger partial charge in [0.2, 0.25) is 0 Å². The summed E-state index contributed by atoms with van der Waals surface area (Å²) >= 11 is 0. The number of ether oxygens (including phenoxy) is 2. The molecule has 4 nitrogen and oxygen atoms in total. The molecule has 0 saturated heterocycles. The Kier molecular flexibility index (Phi) is 7.73. The first kappa shape index (κ1) is 16.5. The van der Waals surface area contributed by atoms with Crippen molar-refractivity contribution in [3.63, 3.8) is 0 Å². The molecule has 1 N–H and O–H groups in total. The molecule has 0 amide bonds. The van der Waals surface area contributed by atoms with Gasteiger partial charge in [0.1, 0.15) is 12.4 Å². The number of nitrogens with zero attached hydrogens (tertiary/aromatic N) is 1. The van der Waals surface area contributed by atoms with Crippen LogP contribution in [0.1, 0.15) is 39.2 Å². The topological polar surface area (TPSA) is 51.1 Å². The van der Waals surface area contributed by atoms with Crippen molar-refractivity contribution < 1.29 is 14.7 Å². The molecule has 0 bridgehead atoms. The summed E-state index contributed by atoms with van der Waals surface area (Å²) in [6.45, 7) is 8.25. The van der Waals surface area contributed by atoms with E-state index in [-0.39, 0.29) is 0 Å². The van der Waals surface area contributed by atoms with Crippen LogP contribution < -0.4 is 4.74 Å². The van der Waals surface area contributed by atoms with Crippen molar-refractivity contribution in [3.05, 3.63) is 29.8 Å². The van der Waals surface area contributed by atoms with Crippen LogP contribution in [0.5, 0.6) is 5.75 Å². The van der Waals surface area contributed by atoms with Crippen LogP contribution in [0.2, 0.25) is 0 Å². The Morgan fingerprint density at radius 2 is 1.85 bits per heavy atom. The highest BCUT2D eigenvalue weighted by molar-refractivity contribution is 6.00. The summed E-state index contributed by atoms with van der Waals surface area (Å²) in [5, 5.41) is 12.1. The first-order valence-electron chi connectivity index (χ1n) is 7.19. The summed E-state index contributed by atoms with van der Waals surface area (Å²) in [6, 6.07) is 7.55. The largest absolute Gasteiger partial charge is 0.491 e. The van der Waals surface area contributed by atoms with E-state index in [1.807, 2.05) is 31.2 Å². The molecule has 0 spiro atoms. The average molecular weight is 279 g/mol. The van der Waals surface area contributed by atoms with Gasteiger partial charge in [0.05, 0.1) is 12.3 Å². The van der Waals surface area contributed by atoms with Crippen molar-refractivity contribution in [2.45, 2.75) is 33.6 Å². The minimum absolute atomic E-state index is 0.548. The van der Waals surface area contributed by atoms with Crippen molar-refractivity contribution in [3.8, 4) is 5.75 Å². The molecule has 1 aromatic rings. The average Bonchev–Trinajstić information content (AvgIpc) is 2.45. The van der Waals surface area contributed by atoms with Gasteiger partial charge in [0.25, 0.3) is 0 Å². The summed E-state index contributed by atoms with van der Waals surface area (Å²) in [5.74, 6) is 1.47. The lowest BCUT2D eigenvalue weighted by molar-refractivity contribution is 0.0926. The van der Waals surface area contributed by atoms with Crippen LogP contribution in [-0.4, -0.2) is 30.7 Å². The zero-order chi connectivity index (χ0) is 14.8. The zero-order valence-corrected chi connectivity index (χ0v) is 12.6. The molecule has 0 aromatic heterocycles. The Labute approximate surface area is 121 Å². The van der Waals surface area contributed by atoms with Gasteiger partial charge in [0, 0.05) is 6.61 Å². The maximum absolute atomic E-state index is 8.85. The second-order valence-corrected chi connectivity index (χ2v) is 5.07. The number of oxime groups is 1. The molecular weight excluding hydrogens is 254 g/mol. The van der Waals surface area contributed by atoms with E-state index < -0.39 is 0 Å². The fourth-order valence-electron chi connectivity index (χ4n) is 1.72. The maximum atomic E-state index is 8.85. The lowest BCUT2D eigenvalue weighted by Crippen LogP contribution is -2.08. The van der Waals surface area contributed by atoms with Gasteiger partial charge in [-0.3, -0.25) is 0 Å². The van der Waals surface area contributed by atoms with E-state index in [1.54, 1.807) is 0 Å². The molecule has 1 rings (SSSR count). The van der Waals surface area contributed by atoms with Gasteiger partial charge in [-0.1, -0.05) is 25.9 Å². The van der Waals surface area contributed by atoms with E-state index in [0.29, 0.717) is 31.3 Å². The second-order valence-electron chi connectivity index (χ2n) is 5.07. The molecule has 0 aliphatic rings. The molecule has 0 radical (unpaired) electrons. The van der Waals surface area contributed by atoms with Crippen molar-refractivity contribution in [2.24, 2.45) is 11.1 Å². The summed E-state index contributed by atoms with van der Waals surface area (Å²) < 4.78 is 11.1. The summed E-state index contributed by atoms with van der Waals surface area (Å²) in [6.07, 6.45) is 1.77. The van der Waals surface area contributed by atoms with E-state index in [4.69, 9.17) is 14.7 Å². The molecule has 0 fully saturated rings. The second kappa shape index (κ2) is 9.37. The van der Waals surface area contributed by atoms with Crippen LogP contribution in [0, 0.1) is 5.92 Å². The lowest BCUT2D eigenvalue weighted by atomic mass is 10.1. The molecule has 0 atom stereocenters. The van der Waals surface area contributed by atoms with Gasteiger partial charge >= 0.3 is 0 Å². The Morgan fingerprint density at radius 1 is 1.15 bits per heavy atom. The molecule has 20 heavy (non-hydrogen) atoms. The van der Waals surface area contributed by atoms with Crippen LogP contribution in [0.25, 0.3) is 0 Å². The Morgan fingerprint density at radius 3 is 2.40 bits per heavy atom. The predicted octanol–water partition coefficient (Wildman–Crippen LogP) is 3.72. The highest BCUT2D eigenvalue weighted by Crippen LogP contribution is 2.13. The first-order chi connectivity index (χ1) is 9.67. The van der Waals surface area contributed by atoms with Gasteiger partial charge in [-0.15, -0.1) is 0 Å². The number of hydrogen-bond acceptors (Lipinski definition) is 4. The van der Waals surface area contributed by atoms with Crippen molar-refractivity contribution in [1.82, 2.24) is 0 Å². The van der Waals surface area contributed by atoms with Gasteiger partial charge in [-0.2, -0.15) is 0 Å². The van der Waals surface area contributed by atoms with Crippen molar-refractivity contribution in [1.29, 1.82) is 0 Å². The third-order valence-corrected chi connectivity index (χ3v) is 2.98. The Hall–Kier alpha value is -1.55. The summed E-state index contributed by atoms with van der Waals surface area (Å²) in [4.78, 5) is 0. The lowest BCUT2D eigenvalue weighted by Gasteiger charge is -2.09. The van der Waals surface area contributed by atoms with E-state index in [1.165, 1.54) is 0 Å². The first-order valence-corrected chi connectivity index (χ1v) is 7.19. The van der Waals surface area contributed by atoms with E-state index in [9.17, 15) is 0 Å². The normalized spacial score (nSPS) is 11.9. The van der Waals surface area contributed by atoms with Crippen LogP contribution in [-0.2, 0) is 4.74 Å². The molecular formula is C16H25NO3. The summed E-state index contributed by atoms with van der Waals surface area (Å²) in [5.41, 5.74) is 1.59. The standard InChI is InChI=1S/C16H25NO3/c1-4-16(17-18)14-5-7-15(8-6-14)20-12-11-19-10-9-13(2)3/h5-8,13,18H,4,9-12H2,1-3H3. The zero-order valence-electron chi connectivity index (χ0n) is 12.6. The van der Waals surface area contributed by atoms with Crippen molar-refractivity contribution in [2.75, 3.05) is 19.8 Å². The molecule has 1 aromatic carbocycles. The number of hydrogen-bond donors (Lipinski definition) is 1. The van der Waals surface area contributed by atoms with Gasteiger partial charge < -0.3 is 14.7 Å². The molecule has 0 aliphatic carbocycles. The van der Waals surface area contributed by atoms with Gasteiger partial charge in [0.15, 0.2) is 0 Å². The molecule has 0 saturated carbocycles. The number of benzene rings is 1. The fourth-order valence-corrected chi connectivity index (χ4v) is 1.72. The molecule has 112 valence electrons. The molecule has 0 unspecified atom stereocenters. The third kappa shape index (κ3) is 6.06. The van der Waals surface area contributed by atoms with Crippen LogP contribution in [0.15, 0.2) is 29.4 Å². The predicted molar refractivity (Wildman–Crippen MR) is 80.8 cm³/mol. The third-order valence-electron chi connectivity index (χ3n) is 2.98. The maximum Gasteiger partial charge on any atom is 0.119 e. The van der Waals surface area contributed by atoms with E-state index >= 15 is 0 Å². The SMILES string of the molecule is CCC(=NO)c1ccc(OCCOCCC(C)C)cc1. The fraction of sp³-hybridized carbons (Fsp3) is 0.562. The van der Waals surface area contributed by atoms with Crippen molar-refractivity contribution >= 4 is 5.71 Å².